The van der Waals surface area contributed by atoms with E-state index in [1.54, 1.807) is 23.1 Å². The smallest absolute Gasteiger partial charge is 0.186 e. The molecule has 7 heteroatoms. The summed E-state index contributed by atoms with van der Waals surface area (Å²) >= 11 is 9.25. The van der Waals surface area contributed by atoms with E-state index in [9.17, 15) is 0 Å². The van der Waals surface area contributed by atoms with Crippen molar-refractivity contribution in [1.29, 1.82) is 0 Å². The van der Waals surface area contributed by atoms with Crippen LogP contribution in [0.5, 0.6) is 0 Å². The van der Waals surface area contributed by atoms with Gasteiger partial charge in [0, 0.05) is 11.3 Å². The van der Waals surface area contributed by atoms with Gasteiger partial charge in [0.25, 0.3) is 0 Å². The predicted octanol–water partition coefficient (Wildman–Crippen LogP) is 5.17. The van der Waals surface area contributed by atoms with Crippen molar-refractivity contribution in [2.75, 3.05) is 5.75 Å². The molecule has 0 unspecified atom stereocenters. The first-order chi connectivity index (χ1) is 12.3. The second-order valence-corrected chi connectivity index (χ2v) is 8.28. The Morgan fingerprint density at radius 1 is 0.960 bits per heavy atom. The van der Waals surface area contributed by atoms with Gasteiger partial charge in [-0.05, 0) is 29.0 Å². The van der Waals surface area contributed by atoms with Gasteiger partial charge in [0.2, 0.25) is 5.16 Å². The van der Waals surface area contributed by atoms with Crippen LogP contribution < -0.4 is 0 Å². The second kappa shape index (κ2) is 5.98. The van der Waals surface area contributed by atoms with E-state index in [1.807, 2.05) is 28.9 Å². The molecular weight excluding hydrogens is 372 g/mol. The Kier molecular flexibility index (Phi) is 3.62. The van der Waals surface area contributed by atoms with Gasteiger partial charge in [0.1, 0.15) is 0 Å². The van der Waals surface area contributed by atoms with Gasteiger partial charge in [-0.15, -0.1) is 21.5 Å². The zero-order valence-corrected chi connectivity index (χ0v) is 15.3. The monoisotopic (exact) mass is 382 g/mol. The van der Waals surface area contributed by atoms with Crippen molar-refractivity contribution < 1.29 is 0 Å². The van der Waals surface area contributed by atoms with Crippen molar-refractivity contribution in [1.82, 2.24) is 14.9 Å². The minimum Gasteiger partial charge on any atom is -0.186 e. The number of halogens is 1. The van der Waals surface area contributed by atoms with E-state index in [0.717, 1.165) is 37.2 Å². The molecule has 0 N–H and O–H groups in total. The maximum absolute atomic E-state index is 6.07. The van der Waals surface area contributed by atoms with E-state index >= 15 is 0 Å². The Balaban J connectivity index is 1.63. The molecule has 0 saturated heterocycles. The molecule has 0 atom stereocenters. The predicted molar refractivity (Wildman–Crippen MR) is 105 cm³/mol. The molecule has 0 bridgehead atoms. The van der Waals surface area contributed by atoms with Crippen molar-refractivity contribution in [3.05, 3.63) is 63.8 Å². The number of aromatic nitrogens is 3. The largest absolute Gasteiger partial charge is 0.212 e. The molecule has 2 aromatic carbocycles. The fraction of sp³-hybridized carbons (Fsp3) is 0.0556. The van der Waals surface area contributed by atoms with Crippen LogP contribution in [-0.4, -0.2) is 26.3 Å². The first-order valence-electron chi connectivity index (χ1n) is 7.69. The van der Waals surface area contributed by atoms with E-state index < -0.39 is 0 Å². The van der Waals surface area contributed by atoms with Crippen molar-refractivity contribution in [3.8, 4) is 11.4 Å². The third-order valence-corrected chi connectivity index (χ3v) is 6.25. The van der Waals surface area contributed by atoms with Crippen LogP contribution in [0.3, 0.4) is 0 Å². The van der Waals surface area contributed by atoms with E-state index in [2.05, 4.69) is 40.5 Å². The van der Waals surface area contributed by atoms with Crippen LogP contribution in [0.1, 0.15) is 4.88 Å². The number of rotatable bonds is 2. The van der Waals surface area contributed by atoms with Gasteiger partial charge in [-0.3, -0.25) is 0 Å². The highest BCUT2D eigenvalue weighted by Crippen LogP contribution is 2.32. The van der Waals surface area contributed by atoms with Crippen LogP contribution >= 0.6 is 34.7 Å². The summed E-state index contributed by atoms with van der Waals surface area (Å²) in [4.78, 5) is 1.08. The summed E-state index contributed by atoms with van der Waals surface area (Å²) in [6.07, 6.45) is 0. The van der Waals surface area contributed by atoms with Gasteiger partial charge in [-0.2, -0.15) is 9.78 Å². The minimum absolute atomic E-state index is 0.758. The lowest BCUT2D eigenvalue weighted by atomic mass is 10.1. The lowest BCUT2D eigenvalue weighted by Gasteiger charge is -2.12. The van der Waals surface area contributed by atoms with Crippen molar-refractivity contribution in [2.24, 2.45) is 5.10 Å². The second-order valence-electron chi connectivity index (χ2n) is 5.62. The summed E-state index contributed by atoms with van der Waals surface area (Å²) in [5.41, 5.74) is 2.00. The van der Waals surface area contributed by atoms with Crippen LogP contribution in [0, 0.1) is 0 Å². The molecule has 0 radical (unpaired) electrons. The molecule has 122 valence electrons. The SMILES string of the molecule is Clc1ccc(C2=Nn3c(nnc3-c3ccc4ccccc4c3)SC2)s1. The van der Waals surface area contributed by atoms with Crippen LogP contribution in [0.4, 0.5) is 0 Å². The molecule has 4 nitrogen and oxygen atoms in total. The molecular formula is C18H11ClN4S2. The molecule has 3 heterocycles. The lowest BCUT2D eigenvalue weighted by Crippen LogP contribution is -2.12. The number of hydrogen-bond acceptors (Lipinski definition) is 5. The summed E-state index contributed by atoms with van der Waals surface area (Å²) < 4.78 is 2.60. The van der Waals surface area contributed by atoms with E-state index in [0.29, 0.717) is 0 Å². The fourth-order valence-electron chi connectivity index (χ4n) is 2.83. The van der Waals surface area contributed by atoms with E-state index in [4.69, 9.17) is 16.7 Å². The number of thioether (sulfide) groups is 1. The molecule has 0 spiro atoms. The summed E-state index contributed by atoms with van der Waals surface area (Å²) in [6.45, 7) is 0. The van der Waals surface area contributed by atoms with Crippen molar-refractivity contribution in [2.45, 2.75) is 5.16 Å². The average Bonchev–Trinajstić information content (AvgIpc) is 3.27. The standard InChI is InChI=1S/C18H11ClN4S2/c19-16-8-7-15(25-16)14-10-24-18-21-20-17(23(18)22-14)13-6-5-11-3-1-2-4-12(11)9-13/h1-9H,10H2. The maximum atomic E-state index is 6.07. The van der Waals surface area contributed by atoms with E-state index in [1.165, 1.54) is 10.8 Å². The Hall–Kier alpha value is -2.15. The van der Waals surface area contributed by atoms with Gasteiger partial charge < -0.3 is 0 Å². The van der Waals surface area contributed by atoms with Crippen LogP contribution in [0.25, 0.3) is 22.2 Å². The molecule has 0 saturated carbocycles. The van der Waals surface area contributed by atoms with Gasteiger partial charge in [-0.25, -0.2) is 0 Å². The summed E-state index contributed by atoms with van der Waals surface area (Å²) in [5.74, 6) is 1.53. The third-order valence-electron chi connectivity index (χ3n) is 4.04. The maximum Gasteiger partial charge on any atom is 0.212 e. The Bertz CT molecular complexity index is 1130. The van der Waals surface area contributed by atoms with Crippen LogP contribution in [-0.2, 0) is 0 Å². The Morgan fingerprint density at radius 3 is 2.68 bits per heavy atom. The highest BCUT2D eigenvalue weighted by Gasteiger charge is 2.21. The Labute approximate surface area is 157 Å². The zero-order chi connectivity index (χ0) is 16.8. The topological polar surface area (TPSA) is 43.1 Å². The number of fused-ring (bicyclic) bond motifs is 2. The highest BCUT2D eigenvalue weighted by atomic mass is 35.5. The zero-order valence-electron chi connectivity index (χ0n) is 12.9. The average molecular weight is 383 g/mol. The first kappa shape index (κ1) is 15.1. The molecule has 1 aliphatic heterocycles. The summed E-state index contributed by atoms with van der Waals surface area (Å²) in [7, 11) is 0. The first-order valence-corrected chi connectivity index (χ1v) is 9.87. The van der Waals surface area contributed by atoms with Gasteiger partial charge in [0.15, 0.2) is 5.82 Å². The molecule has 2 aromatic heterocycles. The normalized spacial score (nSPS) is 13.7. The number of benzene rings is 2. The van der Waals surface area contributed by atoms with Gasteiger partial charge >= 0.3 is 0 Å². The third kappa shape index (κ3) is 2.66. The fourth-order valence-corrected chi connectivity index (χ4v) is 4.77. The number of thiophene rings is 1. The molecule has 0 aliphatic carbocycles. The molecule has 0 fully saturated rings. The van der Waals surface area contributed by atoms with Crippen molar-refractivity contribution in [3.63, 3.8) is 0 Å². The molecule has 5 rings (SSSR count). The lowest BCUT2D eigenvalue weighted by molar-refractivity contribution is 0.763. The van der Waals surface area contributed by atoms with Crippen LogP contribution in [0.15, 0.2) is 64.9 Å². The summed E-state index contributed by atoms with van der Waals surface area (Å²) in [6, 6.07) is 18.5. The number of hydrogen-bond donors (Lipinski definition) is 0. The Morgan fingerprint density at radius 2 is 1.84 bits per heavy atom. The molecule has 0 amide bonds. The van der Waals surface area contributed by atoms with Crippen molar-refractivity contribution >= 4 is 51.2 Å². The van der Waals surface area contributed by atoms with Gasteiger partial charge in [0.05, 0.1) is 14.9 Å². The highest BCUT2D eigenvalue weighted by molar-refractivity contribution is 7.99. The minimum atomic E-state index is 0.758. The molecule has 1 aliphatic rings. The summed E-state index contributed by atoms with van der Waals surface area (Å²) in [5, 5.41) is 16.6. The molecule has 25 heavy (non-hydrogen) atoms. The molecule has 4 aromatic rings. The van der Waals surface area contributed by atoms with E-state index in [-0.39, 0.29) is 0 Å². The van der Waals surface area contributed by atoms with Gasteiger partial charge in [-0.1, -0.05) is 59.8 Å². The quantitative estimate of drug-likeness (QED) is 0.480. The van der Waals surface area contributed by atoms with Crippen LogP contribution in [0.2, 0.25) is 4.34 Å². The number of nitrogens with zero attached hydrogens (tertiary/aromatic N) is 4.